The van der Waals surface area contributed by atoms with Crippen molar-refractivity contribution in [2.75, 3.05) is 24.5 Å². The summed E-state index contributed by atoms with van der Waals surface area (Å²) >= 11 is 0. The number of aromatic nitrogens is 4. The molecule has 9 heteroatoms. The second-order valence-electron chi connectivity index (χ2n) is 7.97. The lowest BCUT2D eigenvalue weighted by molar-refractivity contribution is -0.0231. The van der Waals surface area contributed by atoms with E-state index in [9.17, 15) is 14.6 Å². The van der Waals surface area contributed by atoms with Crippen LogP contribution in [0.25, 0.3) is 22.4 Å². The number of aliphatic hydroxyl groups is 1. The van der Waals surface area contributed by atoms with Gasteiger partial charge in [0.2, 0.25) is 0 Å². The molecule has 0 aliphatic carbocycles. The fourth-order valence-corrected chi connectivity index (χ4v) is 3.64. The molecular formula is C20H25FN6O2. The van der Waals surface area contributed by atoms with Crippen molar-refractivity contribution in [1.82, 2.24) is 25.5 Å². The number of hydrogen-bond acceptors (Lipinski definition) is 7. The minimum atomic E-state index is -0.942. The zero-order valence-corrected chi connectivity index (χ0v) is 16.6. The lowest BCUT2D eigenvalue weighted by atomic mass is 9.84. The summed E-state index contributed by atoms with van der Waals surface area (Å²) in [6.07, 6.45) is 1.61. The Labute approximate surface area is 167 Å². The van der Waals surface area contributed by atoms with E-state index in [0.717, 1.165) is 6.07 Å². The highest BCUT2D eigenvalue weighted by Gasteiger charge is 2.38. The molecule has 1 fully saturated rings. The fourth-order valence-electron chi connectivity index (χ4n) is 3.64. The first-order valence-corrected chi connectivity index (χ1v) is 9.68. The van der Waals surface area contributed by atoms with Gasteiger partial charge in [0, 0.05) is 37.3 Å². The predicted molar refractivity (Wildman–Crippen MR) is 108 cm³/mol. The van der Waals surface area contributed by atoms with Crippen LogP contribution in [0.1, 0.15) is 20.8 Å². The number of halogens is 1. The standard InChI is InChI=1S/C20H25FN6O2/c1-11(2)20(3,29)15-10-27(8-7-22-15)19-14(28)9-13(21)17(24-19)16-12-5-4-6-23-18(12)26-25-16/h4-6,9,11,15,22,28-29H,7-8,10H2,1-3H3,(H,23,25,26)/t15?,20-/m1/s1. The average Bonchev–Trinajstić information content (AvgIpc) is 3.12. The fraction of sp³-hybridized carbons (Fsp3) is 0.450. The molecule has 154 valence electrons. The maximum absolute atomic E-state index is 14.7. The summed E-state index contributed by atoms with van der Waals surface area (Å²) in [4.78, 5) is 10.5. The molecule has 1 saturated heterocycles. The molecule has 3 aromatic rings. The maximum atomic E-state index is 14.7. The zero-order chi connectivity index (χ0) is 20.8. The molecule has 1 aliphatic rings. The number of rotatable bonds is 4. The smallest absolute Gasteiger partial charge is 0.181 e. The molecule has 0 bridgehead atoms. The molecule has 1 unspecified atom stereocenters. The van der Waals surface area contributed by atoms with Crippen LogP contribution in [0.3, 0.4) is 0 Å². The summed E-state index contributed by atoms with van der Waals surface area (Å²) in [5.74, 6) is -0.576. The van der Waals surface area contributed by atoms with Crippen LogP contribution in [-0.4, -0.2) is 61.7 Å². The summed E-state index contributed by atoms with van der Waals surface area (Å²) in [7, 11) is 0. The highest BCUT2D eigenvalue weighted by molar-refractivity contribution is 5.90. The van der Waals surface area contributed by atoms with Gasteiger partial charge in [-0.05, 0) is 25.0 Å². The van der Waals surface area contributed by atoms with E-state index in [1.165, 1.54) is 0 Å². The Morgan fingerprint density at radius 3 is 2.93 bits per heavy atom. The molecule has 0 aromatic carbocycles. The Bertz CT molecular complexity index is 1030. The van der Waals surface area contributed by atoms with Crippen molar-refractivity contribution in [3.05, 3.63) is 30.2 Å². The van der Waals surface area contributed by atoms with E-state index in [1.807, 2.05) is 18.7 Å². The van der Waals surface area contributed by atoms with Crippen LogP contribution < -0.4 is 10.2 Å². The Morgan fingerprint density at radius 1 is 1.38 bits per heavy atom. The second-order valence-corrected chi connectivity index (χ2v) is 7.97. The predicted octanol–water partition coefficient (Wildman–Crippen LogP) is 2.05. The quantitative estimate of drug-likeness (QED) is 0.531. The summed E-state index contributed by atoms with van der Waals surface area (Å²) in [6, 6.07) is 4.38. The average molecular weight is 400 g/mol. The summed E-state index contributed by atoms with van der Waals surface area (Å²) in [5.41, 5.74) is 0.00261. The van der Waals surface area contributed by atoms with E-state index < -0.39 is 11.4 Å². The summed E-state index contributed by atoms with van der Waals surface area (Å²) in [5, 5.41) is 32.2. The number of H-pyrrole nitrogens is 1. The molecule has 4 rings (SSSR count). The molecular weight excluding hydrogens is 375 g/mol. The van der Waals surface area contributed by atoms with Gasteiger partial charge >= 0.3 is 0 Å². The molecule has 29 heavy (non-hydrogen) atoms. The van der Waals surface area contributed by atoms with E-state index in [-0.39, 0.29) is 29.2 Å². The molecule has 1 aliphatic heterocycles. The van der Waals surface area contributed by atoms with Crippen molar-refractivity contribution in [3.63, 3.8) is 0 Å². The first kappa shape index (κ1) is 19.5. The first-order chi connectivity index (χ1) is 13.8. The lowest BCUT2D eigenvalue weighted by Gasteiger charge is -2.43. The molecule has 0 spiro atoms. The Balaban J connectivity index is 1.73. The molecule has 4 N–H and O–H groups in total. The molecule has 8 nitrogen and oxygen atoms in total. The van der Waals surface area contributed by atoms with Gasteiger partial charge in [0.15, 0.2) is 23.0 Å². The van der Waals surface area contributed by atoms with Crippen LogP contribution in [0.5, 0.6) is 5.75 Å². The number of fused-ring (bicyclic) bond motifs is 1. The molecule has 0 saturated carbocycles. The number of hydrogen-bond donors (Lipinski definition) is 4. The van der Waals surface area contributed by atoms with Gasteiger partial charge in [-0.25, -0.2) is 14.4 Å². The number of nitrogens with one attached hydrogen (secondary N) is 2. The number of aromatic amines is 1. The third-order valence-corrected chi connectivity index (χ3v) is 5.85. The molecule has 0 amide bonds. The first-order valence-electron chi connectivity index (χ1n) is 9.68. The van der Waals surface area contributed by atoms with Crippen molar-refractivity contribution in [2.45, 2.75) is 32.4 Å². The normalized spacial score (nSPS) is 19.7. The van der Waals surface area contributed by atoms with Crippen LogP contribution in [0, 0.1) is 11.7 Å². The van der Waals surface area contributed by atoms with Gasteiger partial charge in [0.1, 0.15) is 5.69 Å². The summed E-state index contributed by atoms with van der Waals surface area (Å²) in [6.45, 7) is 7.33. The largest absolute Gasteiger partial charge is 0.504 e. The van der Waals surface area contributed by atoms with E-state index in [0.29, 0.717) is 36.4 Å². The minimum Gasteiger partial charge on any atom is -0.504 e. The van der Waals surface area contributed by atoms with E-state index in [2.05, 4.69) is 25.5 Å². The van der Waals surface area contributed by atoms with Crippen molar-refractivity contribution in [2.24, 2.45) is 5.92 Å². The molecule has 2 atom stereocenters. The molecule has 3 aromatic heterocycles. The van der Waals surface area contributed by atoms with Crippen molar-refractivity contribution in [3.8, 4) is 17.1 Å². The van der Waals surface area contributed by atoms with Gasteiger partial charge in [-0.15, -0.1) is 0 Å². The monoisotopic (exact) mass is 400 g/mol. The van der Waals surface area contributed by atoms with Gasteiger partial charge in [-0.1, -0.05) is 13.8 Å². The molecule has 0 radical (unpaired) electrons. The van der Waals surface area contributed by atoms with Gasteiger partial charge in [-0.2, -0.15) is 5.10 Å². The zero-order valence-electron chi connectivity index (χ0n) is 16.6. The number of aromatic hydroxyl groups is 1. The van der Waals surface area contributed by atoms with Crippen LogP contribution in [-0.2, 0) is 0 Å². The van der Waals surface area contributed by atoms with Gasteiger partial charge in [0.25, 0.3) is 0 Å². The minimum absolute atomic E-state index is 0.0362. The van der Waals surface area contributed by atoms with Crippen molar-refractivity contribution >= 4 is 16.9 Å². The highest BCUT2D eigenvalue weighted by Crippen LogP contribution is 2.34. The van der Waals surface area contributed by atoms with Crippen LogP contribution in [0.2, 0.25) is 0 Å². The SMILES string of the molecule is CC(C)[C@@](C)(O)C1CN(c2nc(-c3[nH]nc4ncccc34)c(F)cc2O)CCN1. The summed E-state index contributed by atoms with van der Waals surface area (Å²) < 4.78 is 14.7. The Kier molecular flexibility index (Phi) is 4.87. The van der Waals surface area contributed by atoms with Gasteiger partial charge in [0.05, 0.1) is 17.3 Å². The van der Waals surface area contributed by atoms with Crippen molar-refractivity contribution < 1.29 is 14.6 Å². The number of piperazine rings is 1. The lowest BCUT2D eigenvalue weighted by Crippen LogP contribution is -2.62. The van der Waals surface area contributed by atoms with Crippen LogP contribution in [0.15, 0.2) is 24.4 Å². The Morgan fingerprint density at radius 2 is 2.17 bits per heavy atom. The van der Waals surface area contributed by atoms with Crippen LogP contribution in [0.4, 0.5) is 10.2 Å². The Hall–Kier alpha value is -2.78. The second kappa shape index (κ2) is 7.23. The van der Waals surface area contributed by atoms with Gasteiger partial charge < -0.3 is 20.4 Å². The number of anilines is 1. The van der Waals surface area contributed by atoms with E-state index in [1.54, 1.807) is 25.3 Å². The van der Waals surface area contributed by atoms with E-state index >= 15 is 0 Å². The number of nitrogens with zero attached hydrogens (tertiary/aromatic N) is 4. The van der Waals surface area contributed by atoms with Gasteiger partial charge in [-0.3, -0.25) is 5.10 Å². The number of pyridine rings is 2. The van der Waals surface area contributed by atoms with E-state index in [4.69, 9.17) is 0 Å². The van der Waals surface area contributed by atoms with Crippen molar-refractivity contribution in [1.29, 1.82) is 0 Å². The maximum Gasteiger partial charge on any atom is 0.181 e. The third-order valence-electron chi connectivity index (χ3n) is 5.85. The third kappa shape index (κ3) is 3.40. The molecule has 4 heterocycles. The topological polar surface area (TPSA) is 110 Å². The highest BCUT2D eigenvalue weighted by atomic mass is 19.1. The van der Waals surface area contributed by atoms with Crippen LogP contribution >= 0.6 is 0 Å².